The third kappa shape index (κ3) is 4.22. The van der Waals surface area contributed by atoms with Gasteiger partial charge < -0.3 is 15.3 Å². The van der Waals surface area contributed by atoms with Gasteiger partial charge in [0.05, 0.1) is 6.61 Å². The molecule has 0 bridgehead atoms. The van der Waals surface area contributed by atoms with E-state index in [1.165, 1.54) is 24.1 Å². The van der Waals surface area contributed by atoms with E-state index >= 15 is 0 Å². The molecular formula is C16H26N2O. The van der Waals surface area contributed by atoms with Crippen LogP contribution in [-0.4, -0.2) is 36.9 Å². The van der Waals surface area contributed by atoms with Gasteiger partial charge in [-0.1, -0.05) is 12.1 Å². The molecule has 0 aromatic heterocycles. The first kappa shape index (κ1) is 14.4. The minimum absolute atomic E-state index is 0.154. The Morgan fingerprint density at radius 2 is 2.16 bits per heavy atom. The SMILES string of the molecule is Cc1cccc(N(C)CCC(C)(CO)NC2CC2)c1. The molecule has 2 rings (SSSR count). The molecular weight excluding hydrogens is 236 g/mol. The maximum Gasteiger partial charge on any atom is 0.0611 e. The van der Waals surface area contributed by atoms with Crippen molar-refractivity contribution in [1.82, 2.24) is 5.32 Å². The fourth-order valence-corrected chi connectivity index (χ4v) is 2.33. The van der Waals surface area contributed by atoms with Gasteiger partial charge in [0.2, 0.25) is 0 Å². The number of hydrogen-bond acceptors (Lipinski definition) is 3. The lowest BCUT2D eigenvalue weighted by molar-refractivity contribution is 0.165. The zero-order valence-corrected chi connectivity index (χ0v) is 12.3. The summed E-state index contributed by atoms with van der Waals surface area (Å²) in [5, 5.41) is 13.2. The average molecular weight is 262 g/mol. The second kappa shape index (κ2) is 5.93. The summed E-state index contributed by atoms with van der Waals surface area (Å²) < 4.78 is 0. The van der Waals surface area contributed by atoms with E-state index in [-0.39, 0.29) is 12.1 Å². The van der Waals surface area contributed by atoms with Crippen molar-refractivity contribution < 1.29 is 5.11 Å². The number of benzene rings is 1. The predicted octanol–water partition coefficient (Wildman–Crippen LogP) is 2.32. The van der Waals surface area contributed by atoms with Crippen molar-refractivity contribution in [2.24, 2.45) is 0 Å². The van der Waals surface area contributed by atoms with Crippen LogP contribution < -0.4 is 10.2 Å². The molecule has 1 aliphatic carbocycles. The Morgan fingerprint density at radius 1 is 1.42 bits per heavy atom. The first-order valence-corrected chi connectivity index (χ1v) is 7.19. The molecule has 2 N–H and O–H groups in total. The van der Waals surface area contributed by atoms with Crippen molar-refractivity contribution in [2.75, 3.05) is 25.1 Å². The summed E-state index contributed by atoms with van der Waals surface area (Å²) in [5.41, 5.74) is 2.37. The van der Waals surface area contributed by atoms with Crippen LogP contribution >= 0.6 is 0 Å². The summed E-state index contributed by atoms with van der Waals surface area (Å²) in [5.74, 6) is 0. The second-order valence-corrected chi connectivity index (χ2v) is 6.15. The van der Waals surface area contributed by atoms with Crippen LogP contribution in [0.5, 0.6) is 0 Å². The lowest BCUT2D eigenvalue weighted by atomic mass is 9.98. The number of nitrogens with zero attached hydrogens (tertiary/aromatic N) is 1. The van der Waals surface area contributed by atoms with E-state index in [1.807, 2.05) is 0 Å². The van der Waals surface area contributed by atoms with Crippen LogP contribution in [0.3, 0.4) is 0 Å². The van der Waals surface area contributed by atoms with Crippen molar-refractivity contribution in [3.8, 4) is 0 Å². The smallest absolute Gasteiger partial charge is 0.0611 e. The monoisotopic (exact) mass is 262 g/mol. The van der Waals surface area contributed by atoms with Crippen molar-refractivity contribution >= 4 is 5.69 Å². The van der Waals surface area contributed by atoms with Gasteiger partial charge in [-0.2, -0.15) is 0 Å². The fraction of sp³-hybridized carbons (Fsp3) is 0.625. The van der Waals surface area contributed by atoms with E-state index in [9.17, 15) is 5.11 Å². The second-order valence-electron chi connectivity index (χ2n) is 6.15. The molecule has 0 amide bonds. The van der Waals surface area contributed by atoms with Crippen molar-refractivity contribution in [3.05, 3.63) is 29.8 Å². The van der Waals surface area contributed by atoms with Gasteiger partial charge in [0.25, 0.3) is 0 Å². The third-order valence-electron chi connectivity index (χ3n) is 3.92. The van der Waals surface area contributed by atoms with Gasteiger partial charge >= 0.3 is 0 Å². The molecule has 106 valence electrons. The summed E-state index contributed by atoms with van der Waals surface area (Å²) in [4.78, 5) is 2.26. The molecule has 1 saturated carbocycles. The Balaban J connectivity index is 1.89. The highest BCUT2D eigenvalue weighted by Gasteiger charge is 2.31. The van der Waals surface area contributed by atoms with Crippen molar-refractivity contribution in [1.29, 1.82) is 0 Å². The highest BCUT2D eigenvalue weighted by molar-refractivity contribution is 5.47. The number of nitrogens with one attached hydrogen (secondary N) is 1. The minimum atomic E-state index is -0.154. The molecule has 1 fully saturated rings. The molecule has 19 heavy (non-hydrogen) atoms. The van der Waals surface area contributed by atoms with Crippen molar-refractivity contribution in [2.45, 2.75) is 44.7 Å². The normalized spacial score (nSPS) is 18.1. The van der Waals surface area contributed by atoms with E-state index < -0.39 is 0 Å². The standard InChI is InChI=1S/C16H26N2O/c1-13-5-4-6-15(11-13)18(3)10-9-16(2,12-19)17-14-7-8-14/h4-6,11,14,17,19H,7-10,12H2,1-3H3. The molecule has 1 unspecified atom stereocenters. The summed E-state index contributed by atoms with van der Waals surface area (Å²) in [7, 11) is 2.11. The van der Waals surface area contributed by atoms with Crippen LogP contribution in [-0.2, 0) is 0 Å². The molecule has 0 spiro atoms. The van der Waals surface area contributed by atoms with Gasteiger partial charge in [-0.05, 0) is 50.8 Å². The summed E-state index contributed by atoms with van der Waals surface area (Å²) in [6, 6.07) is 9.17. The molecule has 0 radical (unpaired) electrons. The maximum absolute atomic E-state index is 9.61. The number of hydrogen-bond donors (Lipinski definition) is 2. The van der Waals surface area contributed by atoms with Crippen LogP contribution in [0.4, 0.5) is 5.69 Å². The summed E-state index contributed by atoms with van der Waals surface area (Å²) in [6.07, 6.45) is 3.46. The largest absolute Gasteiger partial charge is 0.394 e. The zero-order chi connectivity index (χ0) is 13.9. The fourth-order valence-electron chi connectivity index (χ4n) is 2.33. The van der Waals surface area contributed by atoms with E-state index in [4.69, 9.17) is 0 Å². The highest BCUT2D eigenvalue weighted by atomic mass is 16.3. The Hall–Kier alpha value is -1.06. The molecule has 1 aliphatic rings. The quantitative estimate of drug-likeness (QED) is 0.791. The molecule has 3 heteroatoms. The number of anilines is 1. The molecule has 0 saturated heterocycles. The highest BCUT2D eigenvalue weighted by Crippen LogP contribution is 2.24. The van der Waals surface area contributed by atoms with Crippen LogP contribution in [0.15, 0.2) is 24.3 Å². The van der Waals surface area contributed by atoms with E-state index in [1.54, 1.807) is 0 Å². The van der Waals surface area contributed by atoms with Gasteiger partial charge in [0.1, 0.15) is 0 Å². The molecule has 1 atom stereocenters. The Kier molecular flexibility index (Phi) is 4.48. The summed E-state index contributed by atoms with van der Waals surface area (Å²) >= 11 is 0. The van der Waals surface area contributed by atoms with E-state index in [2.05, 4.69) is 55.4 Å². The van der Waals surface area contributed by atoms with E-state index in [0.29, 0.717) is 6.04 Å². The molecule has 0 heterocycles. The van der Waals surface area contributed by atoms with Crippen molar-refractivity contribution in [3.63, 3.8) is 0 Å². The maximum atomic E-state index is 9.61. The number of aliphatic hydroxyl groups excluding tert-OH is 1. The lowest BCUT2D eigenvalue weighted by Crippen LogP contribution is -2.48. The molecule has 1 aromatic rings. The Bertz CT molecular complexity index is 417. The van der Waals surface area contributed by atoms with Gasteiger partial charge in [-0.15, -0.1) is 0 Å². The molecule has 0 aliphatic heterocycles. The number of rotatable bonds is 7. The Labute approximate surface area is 116 Å². The number of aryl methyl sites for hydroxylation is 1. The number of aliphatic hydroxyl groups is 1. The predicted molar refractivity (Wildman–Crippen MR) is 80.7 cm³/mol. The Morgan fingerprint density at radius 3 is 2.74 bits per heavy atom. The topological polar surface area (TPSA) is 35.5 Å². The van der Waals surface area contributed by atoms with Gasteiger partial charge in [-0.3, -0.25) is 0 Å². The van der Waals surface area contributed by atoms with Gasteiger partial charge in [0.15, 0.2) is 0 Å². The zero-order valence-electron chi connectivity index (χ0n) is 12.3. The van der Waals surface area contributed by atoms with Crippen LogP contribution in [0, 0.1) is 6.92 Å². The van der Waals surface area contributed by atoms with Crippen LogP contribution in [0.25, 0.3) is 0 Å². The lowest BCUT2D eigenvalue weighted by Gasteiger charge is -2.31. The first-order valence-electron chi connectivity index (χ1n) is 7.19. The van der Waals surface area contributed by atoms with E-state index in [0.717, 1.165) is 13.0 Å². The van der Waals surface area contributed by atoms with Gasteiger partial charge in [0, 0.05) is 30.9 Å². The third-order valence-corrected chi connectivity index (χ3v) is 3.92. The molecule has 3 nitrogen and oxygen atoms in total. The summed E-state index contributed by atoms with van der Waals surface area (Å²) in [6.45, 7) is 5.38. The van der Waals surface area contributed by atoms with Crippen LogP contribution in [0.2, 0.25) is 0 Å². The average Bonchev–Trinajstić information content (AvgIpc) is 3.20. The minimum Gasteiger partial charge on any atom is -0.394 e. The molecule has 1 aromatic carbocycles. The first-order chi connectivity index (χ1) is 9.02. The van der Waals surface area contributed by atoms with Crippen LogP contribution in [0.1, 0.15) is 31.7 Å². The van der Waals surface area contributed by atoms with Gasteiger partial charge in [-0.25, -0.2) is 0 Å².